The van der Waals surface area contributed by atoms with E-state index in [9.17, 15) is 0 Å². The summed E-state index contributed by atoms with van der Waals surface area (Å²) >= 11 is 1.62. The van der Waals surface area contributed by atoms with E-state index in [1.807, 2.05) is 25.8 Å². The maximum absolute atomic E-state index is 4.68. The van der Waals surface area contributed by atoms with Crippen molar-refractivity contribution in [2.24, 2.45) is 0 Å². The van der Waals surface area contributed by atoms with Gasteiger partial charge in [-0.2, -0.15) is 0 Å². The number of anilines is 1. The van der Waals surface area contributed by atoms with Gasteiger partial charge >= 0.3 is 0 Å². The highest BCUT2D eigenvalue weighted by Crippen LogP contribution is 2.21. The summed E-state index contributed by atoms with van der Waals surface area (Å²) in [4.78, 5) is 15.6. The van der Waals surface area contributed by atoms with Gasteiger partial charge in [0.2, 0.25) is 0 Å². The molecule has 108 valence electrons. The molecule has 2 rings (SSSR count). The van der Waals surface area contributed by atoms with Crippen LogP contribution < -0.4 is 10.2 Å². The minimum Gasteiger partial charge on any atom is -0.366 e. The molecular formula is C14H21N5S. The SMILES string of the molecule is CNCc1nc(C(C)C)ncc1N(C)Cc1cscn1. The van der Waals surface area contributed by atoms with E-state index < -0.39 is 0 Å². The van der Waals surface area contributed by atoms with Gasteiger partial charge in [0.15, 0.2) is 0 Å². The molecule has 6 heteroatoms. The lowest BCUT2D eigenvalue weighted by Crippen LogP contribution is -2.22. The van der Waals surface area contributed by atoms with E-state index in [1.54, 1.807) is 11.3 Å². The van der Waals surface area contributed by atoms with Gasteiger partial charge in [-0.3, -0.25) is 0 Å². The summed E-state index contributed by atoms with van der Waals surface area (Å²) in [6.45, 7) is 5.72. The number of rotatable bonds is 6. The van der Waals surface area contributed by atoms with Crippen LogP contribution in [0.15, 0.2) is 17.1 Å². The predicted molar refractivity (Wildman–Crippen MR) is 83.1 cm³/mol. The highest BCUT2D eigenvalue weighted by atomic mass is 32.1. The van der Waals surface area contributed by atoms with Gasteiger partial charge in [0.05, 0.1) is 35.3 Å². The molecule has 0 aliphatic heterocycles. The minimum atomic E-state index is 0.337. The third-order valence-corrected chi connectivity index (χ3v) is 3.65. The van der Waals surface area contributed by atoms with Crippen molar-refractivity contribution in [2.75, 3.05) is 19.0 Å². The van der Waals surface area contributed by atoms with Crippen molar-refractivity contribution in [1.82, 2.24) is 20.3 Å². The van der Waals surface area contributed by atoms with Crippen LogP contribution in [0.4, 0.5) is 5.69 Å². The maximum atomic E-state index is 4.68. The molecule has 0 amide bonds. The van der Waals surface area contributed by atoms with E-state index in [0.29, 0.717) is 5.92 Å². The normalized spacial score (nSPS) is 11.1. The van der Waals surface area contributed by atoms with Crippen LogP contribution in [0, 0.1) is 0 Å². The Morgan fingerprint density at radius 1 is 1.35 bits per heavy atom. The van der Waals surface area contributed by atoms with Gasteiger partial charge in [-0.15, -0.1) is 11.3 Å². The van der Waals surface area contributed by atoms with Crippen LogP contribution in [0.25, 0.3) is 0 Å². The van der Waals surface area contributed by atoms with E-state index >= 15 is 0 Å². The zero-order valence-electron chi connectivity index (χ0n) is 12.4. The quantitative estimate of drug-likeness (QED) is 0.886. The molecular weight excluding hydrogens is 270 g/mol. The van der Waals surface area contributed by atoms with Crippen LogP contribution in [0.5, 0.6) is 0 Å². The number of hydrogen-bond donors (Lipinski definition) is 1. The summed E-state index contributed by atoms with van der Waals surface area (Å²) in [7, 11) is 3.98. The minimum absolute atomic E-state index is 0.337. The molecule has 0 unspecified atom stereocenters. The second-order valence-electron chi connectivity index (χ2n) is 5.08. The fourth-order valence-electron chi connectivity index (χ4n) is 1.96. The van der Waals surface area contributed by atoms with Gasteiger partial charge in [-0.05, 0) is 7.05 Å². The Labute approximate surface area is 124 Å². The van der Waals surface area contributed by atoms with Crippen molar-refractivity contribution in [3.63, 3.8) is 0 Å². The standard InChI is InChI=1S/C14H21N5S/c1-10(2)14-16-6-13(12(18-14)5-15-3)19(4)7-11-8-20-9-17-11/h6,8-10,15H,5,7H2,1-4H3. The monoisotopic (exact) mass is 291 g/mol. The average molecular weight is 291 g/mol. The fraction of sp³-hybridized carbons (Fsp3) is 0.500. The molecule has 0 aliphatic carbocycles. The molecule has 0 spiro atoms. The number of thiazole rings is 1. The molecule has 0 atom stereocenters. The first kappa shape index (κ1) is 14.9. The molecule has 0 saturated carbocycles. The largest absolute Gasteiger partial charge is 0.366 e. The lowest BCUT2D eigenvalue weighted by Gasteiger charge is -2.21. The topological polar surface area (TPSA) is 53.9 Å². The second kappa shape index (κ2) is 6.76. The van der Waals surface area contributed by atoms with Crippen molar-refractivity contribution in [1.29, 1.82) is 0 Å². The Balaban J connectivity index is 2.24. The fourth-order valence-corrected chi connectivity index (χ4v) is 2.51. The van der Waals surface area contributed by atoms with Gasteiger partial charge in [0, 0.05) is 24.9 Å². The van der Waals surface area contributed by atoms with Crippen LogP contribution in [-0.4, -0.2) is 29.0 Å². The molecule has 2 aromatic rings. The first-order valence-corrected chi connectivity index (χ1v) is 7.64. The molecule has 20 heavy (non-hydrogen) atoms. The van der Waals surface area contributed by atoms with Crippen LogP contribution in [0.1, 0.15) is 37.0 Å². The van der Waals surface area contributed by atoms with E-state index in [0.717, 1.165) is 36.0 Å². The number of nitrogens with zero attached hydrogens (tertiary/aromatic N) is 4. The van der Waals surface area contributed by atoms with Crippen molar-refractivity contribution in [2.45, 2.75) is 32.9 Å². The lowest BCUT2D eigenvalue weighted by molar-refractivity contribution is 0.718. The van der Waals surface area contributed by atoms with Gasteiger partial charge in [-0.25, -0.2) is 15.0 Å². The molecule has 5 nitrogen and oxygen atoms in total. The van der Waals surface area contributed by atoms with Gasteiger partial charge in [-0.1, -0.05) is 13.8 Å². The van der Waals surface area contributed by atoms with Crippen molar-refractivity contribution < 1.29 is 0 Å². The zero-order chi connectivity index (χ0) is 14.5. The smallest absolute Gasteiger partial charge is 0.131 e. The predicted octanol–water partition coefficient (Wildman–Crippen LogP) is 2.41. The summed E-state index contributed by atoms with van der Waals surface area (Å²) in [5.74, 6) is 1.23. The zero-order valence-corrected chi connectivity index (χ0v) is 13.2. The summed E-state index contributed by atoms with van der Waals surface area (Å²) < 4.78 is 0. The summed E-state index contributed by atoms with van der Waals surface area (Å²) in [5.41, 5.74) is 5.01. The number of hydrogen-bond acceptors (Lipinski definition) is 6. The lowest BCUT2D eigenvalue weighted by atomic mass is 10.2. The first-order valence-electron chi connectivity index (χ1n) is 6.70. The van der Waals surface area contributed by atoms with Crippen LogP contribution in [0.2, 0.25) is 0 Å². The molecule has 2 heterocycles. The van der Waals surface area contributed by atoms with Gasteiger partial charge in [0.25, 0.3) is 0 Å². The van der Waals surface area contributed by atoms with Crippen LogP contribution in [0.3, 0.4) is 0 Å². The Kier molecular flexibility index (Phi) is 5.03. The number of aromatic nitrogens is 3. The molecule has 0 fully saturated rings. The Morgan fingerprint density at radius 3 is 2.75 bits per heavy atom. The maximum Gasteiger partial charge on any atom is 0.131 e. The van der Waals surface area contributed by atoms with Gasteiger partial charge in [0.1, 0.15) is 5.82 Å². The third kappa shape index (κ3) is 3.52. The summed E-state index contributed by atoms with van der Waals surface area (Å²) in [6.07, 6.45) is 1.92. The van der Waals surface area contributed by atoms with Gasteiger partial charge < -0.3 is 10.2 Å². The van der Waals surface area contributed by atoms with Crippen molar-refractivity contribution in [3.8, 4) is 0 Å². The first-order chi connectivity index (χ1) is 9.61. The molecule has 0 saturated heterocycles. The van der Waals surface area contributed by atoms with E-state index in [-0.39, 0.29) is 0 Å². The Hall–Kier alpha value is -1.53. The molecule has 0 radical (unpaired) electrons. The highest BCUT2D eigenvalue weighted by molar-refractivity contribution is 7.07. The van der Waals surface area contributed by atoms with E-state index in [4.69, 9.17) is 0 Å². The molecule has 1 N–H and O–H groups in total. The average Bonchev–Trinajstić information content (AvgIpc) is 2.91. The summed E-state index contributed by atoms with van der Waals surface area (Å²) in [5, 5.41) is 5.24. The molecule has 0 aromatic carbocycles. The van der Waals surface area contributed by atoms with Crippen LogP contribution in [-0.2, 0) is 13.1 Å². The van der Waals surface area contributed by atoms with Crippen molar-refractivity contribution in [3.05, 3.63) is 34.3 Å². The molecule has 0 bridgehead atoms. The van der Waals surface area contributed by atoms with Crippen molar-refractivity contribution >= 4 is 17.0 Å². The summed E-state index contributed by atoms with van der Waals surface area (Å²) in [6, 6.07) is 0. The highest BCUT2D eigenvalue weighted by Gasteiger charge is 2.13. The van der Waals surface area contributed by atoms with E-state index in [2.05, 4.69) is 44.4 Å². The molecule has 2 aromatic heterocycles. The van der Waals surface area contributed by atoms with E-state index in [1.165, 1.54) is 0 Å². The van der Waals surface area contributed by atoms with Crippen LogP contribution >= 0.6 is 11.3 Å². The molecule has 0 aliphatic rings. The second-order valence-corrected chi connectivity index (χ2v) is 5.80. The number of nitrogens with one attached hydrogen (secondary N) is 1. The Bertz CT molecular complexity index is 539. The Morgan fingerprint density at radius 2 is 2.15 bits per heavy atom. The third-order valence-electron chi connectivity index (χ3n) is 3.02.